The molecule has 0 aliphatic carbocycles. The summed E-state index contributed by atoms with van der Waals surface area (Å²) in [4.78, 5) is 2.09. The van der Waals surface area contributed by atoms with E-state index in [1.807, 2.05) is 0 Å². The highest BCUT2D eigenvalue weighted by Gasteiger charge is 2.08. The Balaban J connectivity index is 2.67. The van der Waals surface area contributed by atoms with Gasteiger partial charge in [-0.3, -0.25) is 4.90 Å². The molecule has 2 nitrogen and oxygen atoms in total. The van der Waals surface area contributed by atoms with Gasteiger partial charge in [0.1, 0.15) is 5.82 Å². The molecule has 0 unspecified atom stereocenters. The van der Waals surface area contributed by atoms with Crippen LogP contribution in [0.25, 0.3) is 0 Å². The fourth-order valence-electron chi connectivity index (χ4n) is 1.70. The van der Waals surface area contributed by atoms with E-state index in [1.165, 1.54) is 12.1 Å². The van der Waals surface area contributed by atoms with Crippen LogP contribution in [0.15, 0.2) is 18.2 Å². The summed E-state index contributed by atoms with van der Waals surface area (Å²) in [5.41, 5.74) is 0.774. The van der Waals surface area contributed by atoms with Crippen LogP contribution in [-0.4, -0.2) is 29.7 Å². The maximum atomic E-state index is 13.1. The fourth-order valence-corrected chi connectivity index (χ4v) is 1.88. The molecule has 0 spiro atoms. The molecule has 1 aromatic carbocycles. The smallest absolute Gasteiger partial charge is 0.123 e. The normalized spacial score (nSPS) is 11.1. The first-order chi connectivity index (χ1) is 8.17. The first kappa shape index (κ1) is 14.4. The largest absolute Gasteiger partial charge is 0.395 e. The van der Waals surface area contributed by atoms with Crippen molar-refractivity contribution in [2.75, 3.05) is 19.7 Å². The number of aliphatic hydroxyl groups excluding tert-OH is 1. The minimum atomic E-state index is -0.274. The second kappa shape index (κ2) is 7.64. The topological polar surface area (TPSA) is 23.5 Å². The van der Waals surface area contributed by atoms with Gasteiger partial charge < -0.3 is 5.11 Å². The van der Waals surface area contributed by atoms with Gasteiger partial charge in [-0.15, -0.1) is 0 Å². The average molecular weight is 260 g/mol. The van der Waals surface area contributed by atoms with Gasteiger partial charge in [0, 0.05) is 18.1 Å². The van der Waals surface area contributed by atoms with Gasteiger partial charge in [0.25, 0.3) is 0 Å². The van der Waals surface area contributed by atoms with Gasteiger partial charge in [0.15, 0.2) is 0 Å². The number of rotatable bonds is 7. The van der Waals surface area contributed by atoms with Gasteiger partial charge in [-0.05, 0) is 36.7 Å². The lowest BCUT2D eigenvalue weighted by atomic mass is 10.2. The molecule has 0 atom stereocenters. The summed E-state index contributed by atoms with van der Waals surface area (Å²) in [5.74, 6) is -0.274. The van der Waals surface area contributed by atoms with Gasteiger partial charge in [-0.2, -0.15) is 0 Å². The van der Waals surface area contributed by atoms with Crippen molar-refractivity contribution in [2.24, 2.45) is 0 Å². The van der Waals surface area contributed by atoms with Crippen molar-refractivity contribution < 1.29 is 9.50 Å². The quantitative estimate of drug-likeness (QED) is 0.814. The van der Waals surface area contributed by atoms with Crippen LogP contribution in [0, 0.1) is 5.82 Å². The Bertz CT molecular complexity index is 346. The first-order valence-corrected chi connectivity index (χ1v) is 6.32. The molecule has 0 fully saturated rings. The molecule has 96 valence electrons. The zero-order chi connectivity index (χ0) is 12.7. The number of benzene rings is 1. The Labute approximate surface area is 107 Å². The van der Waals surface area contributed by atoms with E-state index in [4.69, 9.17) is 16.7 Å². The van der Waals surface area contributed by atoms with Gasteiger partial charge in [0.05, 0.1) is 6.61 Å². The molecule has 4 heteroatoms. The van der Waals surface area contributed by atoms with Crippen molar-refractivity contribution in [1.82, 2.24) is 4.90 Å². The summed E-state index contributed by atoms with van der Waals surface area (Å²) in [6.07, 6.45) is 2.16. The first-order valence-electron chi connectivity index (χ1n) is 5.94. The van der Waals surface area contributed by atoms with Gasteiger partial charge >= 0.3 is 0 Å². The van der Waals surface area contributed by atoms with Crippen molar-refractivity contribution in [1.29, 1.82) is 0 Å². The Morgan fingerprint density at radius 3 is 2.76 bits per heavy atom. The van der Waals surface area contributed by atoms with E-state index >= 15 is 0 Å². The Hall–Kier alpha value is -0.640. The number of nitrogens with zero attached hydrogens (tertiary/aromatic N) is 1. The molecule has 0 saturated heterocycles. The van der Waals surface area contributed by atoms with Crippen molar-refractivity contribution >= 4 is 11.6 Å². The van der Waals surface area contributed by atoms with Crippen LogP contribution in [0.1, 0.15) is 25.3 Å². The molecule has 17 heavy (non-hydrogen) atoms. The molecule has 1 N–H and O–H groups in total. The van der Waals surface area contributed by atoms with Crippen molar-refractivity contribution in [3.8, 4) is 0 Å². The molecule has 1 aromatic rings. The highest BCUT2D eigenvalue weighted by atomic mass is 35.5. The maximum Gasteiger partial charge on any atom is 0.123 e. The molecule has 0 saturated carbocycles. The monoisotopic (exact) mass is 259 g/mol. The van der Waals surface area contributed by atoms with Gasteiger partial charge in [-0.1, -0.05) is 24.9 Å². The molecule has 0 aliphatic rings. The summed E-state index contributed by atoms with van der Waals surface area (Å²) in [5, 5.41) is 9.56. The van der Waals surface area contributed by atoms with Gasteiger partial charge in [0.2, 0.25) is 0 Å². The summed E-state index contributed by atoms with van der Waals surface area (Å²) in [6.45, 7) is 4.29. The highest BCUT2D eigenvalue weighted by molar-refractivity contribution is 6.31. The van der Waals surface area contributed by atoms with E-state index in [-0.39, 0.29) is 12.4 Å². The van der Waals surface area contributed by atoms with E-state index in [0.717, 1.165) is 24.9 Å². The Morgan fingerprint density at radius 1 is 1.35 bits per heavy atom. The van der Waals surface area contributed by atoms with Gasteiger partial charge in [-0.25, -0.2) is 4.39 Å². The molecular weight excluding hydrogens is 241 g/mol. The molecule has 0 aromatic heterocycles. The maximum absolute atomic E-state index is 13.1. The summed E-state index contributed by atoms with van der Waals surface area (Å²) in [7, 11) is 0. The second-order valence-corrected chi connectivity index (χ2v) is 4.50. The number of unbranched alkanes of at least 4 members (excludes halogenated alkanes) is 1. The van der Waals surface area contributed by atoms with E-state index in [1.54, 1.807) is 6.07 Å². The van der Waals surface area contributed by atoms with Crippen molar-refractivity contribution in [2.45, 2.75) is 26.3 Å². The summed E-state index contributed by atoms with van der Waals surface area (Å²) in [6, 6.07) is 4.39. The summed E-state index contributed by atoms with van der Waals surface area (Å²) < 4.78 is 13.1. The lowest BCUT2D eigenvalue weighted by Gasteiger charge is -2.21. The van der Waals surface area contributed by atoms with Crippen molar-refractivity contribution in [3.63, 3.8) is 0 Å². The molecular formula is C13H19ClFNO. The van der Waals surface area contributed by atoms with E-state index in [9.17, 15) is 4.39 Å². The van der Waals surface area contributed by atoms with Crippen LogP contribution in [0.2, 0.25) is 5.02 Å². The van der Waals surface area contributed by atoms with Crippen LogP contribution in [-0.2, 0) is 6.54 Å². The predicted octanol–water partition coefficient (Wildman–Crippen LogP) is 3.07. The van der Waals surface area contributed by atoms with E-state index in [0.29, 0.717) is 18.1 Å². The average Bonchev–Trinajstić information content (AvgIpc) is 2.31. The fraction of sp³-hybridized carbons (Fsp3) is 0.538. The van der Waals surface area contributed by atoms with Crippen molar-refractivity contribution in [3.05, 3.63) is 34.6 Å². The third kappa shape index (κ3) is 5.02. The van der Waals surface area contributed by atoms with Crippen LogP contribution in [0.5, 0.6) is 0 Å². The van der Waals surface area contributed by atoms with E-state index < -0.39 is 0 Å². The number of hydrogen-bond donors (Lipinski definition) is 1. The number of halogens is 2. The van der Waals surface area contributed by atoms with Crippen LogP contribution in [0.4, 0.5) is 4.39 Å². The third-order valence-corrected chi connectivity index (χ3v) is 3.01. The highest BCUT2D eigenvalue weighted by Crippen LogP contribution is 2.19. The minimum absolute atomic E-state index is 0.108. The SMILES string of the molecule is CCCCN(CCO)Cc1cc(F)ccc1Cl. The Kier molecular flexibility index (Phi) is 6.48. The molecule has 0 bridgehead atoms. The lowest BCUT2D eigenvalue weighted by Crippen LogP contribution is -2.27. The number of aliphatic hydroxyl groups is 1. The third-order valence-electron chi connectivity index (χ3n) is 2.65. The van der Waals surface area contributed by atoms with E-state index in [2.05, 4.69) is 11.8 Å². The summed E-state index contributed by atoms with van der Waals surface area (Å²) >= 11 is 6.02. The Morgan fingerprint density at radius 2 is 2.12 bits per heavy atom. The van der Waals surface area contributed by atoms with Crippen LogP contribution >= 0.6 is 11.6 Å². The molecule has 0 aliphatic heterocycles. The molecule has 0 heterocycles. The number of hydrogen-bond acceptors (Lipinski definition) is 2. The minimum Gasteiger partial charge on any atom is -0.395 e. The molecule has 1 rings (SSSR count). The zero-order valence-corrected chi connectivity index (χ0v) is 10.9. The predicted molar refractivity (Wildman–Crippen MR) is 68.7 cm³/mol. The second-order valence-electron chi connectivity index (χ2n) is 4.09. The van der Waals surface area contributed by atoms with Crippen LogP contribution < -0.4 is 0 Å². The zero-order valence-electron chi connectivity index (χ0n) is 10.1. The standard InChI is InChI=1S/C13H19ClFNO/c1-2-3-6-16(7-8-17)10-11-9-12(15)4-5-13(11)14/h4-5,9,17H,2-3,6-8,10H2,1H3. The molecule has 0 radical (unpaired) electrons. The molecule has 0 amide bonds. The van der Waals surface area contributed by atoms with Crippen LogP contribution in [0.3, 0.4) is 0 Å². The lowest BCUT2D eigenvalue weighted by molar-refractivity contribution is 0.188.